The van der Waals surface area contributed by atoms with Gasteiger partial charge in [-0.05, 0) is 64.5 Å². The van der Waals surface area contributed by atoms with Gasteiger partial charge in [0.1, 0.15) is 5.82 Å². The van der Waals surface area contributed by atoms with Gasteiger partial charge in [-0.3, -0.25) is 4.79 Å². The molecule has 0 amide bonds. The molecule has 22 heavy (non-hydrogen) atoms. The quantitative estimate of drug-likeness (QED) is 0.875. The van der Waals surface area contributed by atoms with Gasteiger partial charge in [-0.25, -0.2) is 4.68 Å². The lowest BCUT2D eigenvalue weighted by atomic mass is 10.0. The summed E-state index contributed by atoms with van der Waals surface area (Å²) in [6.45, 7) is 7.23. The number of aromatic nitrogens is 2. The van der Waals surface area contributed by atoms with Crippen LogP contribution in [-0.2, 0) is 0 Å². The van der Waals surface area contributed by atoms with Crippen molar-refractivity contribution in [3.63, 3.8) is 0 Å². The highest BCUT2D eigenvalue weighted by molar-refractivity contribution is 5.39. The van der Waals surface area contributed by atoms with Gasteiger partial charge in [0.15, 0.2) is 0 Å². The van der Waals surface area contributed by atoms with E-state index >= 15 is 0 Å². The van der Waals surface area contributed by atoms with Crippen molar-refractivity contribution in [1.82, 2.24) is 15.1 Å². The summed E-state index contributed by atoms with van der Waals surface area (Å²) in [6, 6.07) is 4.15. The summed E-state index contributed by atoms with van der Waals surface area (Å²) in [4.78, 5) is 14.3. The molecule has 2 fully saturated rings. The molecule has 1 aromatic rings. The van der Waals surface area contributed by atoms with Gasteiger partial charge in [0, 0.05) is 25.2 Å². The van der Waals surface area contributed by atoms with Gasteiger partial charge in [-0.1, -0.05) is 0 Å². The van der Waals surface area contributed by atoms with Crippen LogP contribution in [0.15, 0.2) is 16.9 Å². The van der Waals surface area contributed by atoms with E-state index in [0.717, 1.165) is 31.4 Å². The van der Waals surface area contributed by atoms with Crippen LogP contribution in [0.2, 0.25) is 0 Å². The Bertz CT molecular complexity index is 550. The Morgan fingerprint density at radius 3 is 2.77 bits per heavy atom. The number of nitrogens with one attached hydrogen (secondary N) is 1. The van der Waals surface area contributed by atoms with Crippen molar-refractivity contribution in [2.45, 2.75) is 58.0 Å². The second kappa shape index (κ2) is 6.82. The zero-order chi connectivity index (χ0) is 15.5. The number of anilines is 1. The predicted molar refractivity (Wildman–Crippen MR) is 89.5 cm³/mol. The minimum atomic E-state index is -0.0147. The van der Waals surface area contributed by atoms with E-state index in [1.54, 1.807) is 10.7 Å². The number of nitrogens with zero attached hydrogens (tertiary/aromatic N) is 3. The maximum absolute atomic E-state index is 11.9. The largest absolute Gasteiger partial charge is 0.351 e. The van der Waals surface area contributed by atoms with Crippen molar-refractivity contribution in [3.05, 3.63) is 22.5 Å². The molecular formula is C17H28N4O. The van der Waals surface area contributed by atoms with Gasteiger partial charge in [-0.2, -0.15) is 5.10 Å². The van der Waals surface area contributed by atoms with Crippen molar-refractivity contribution in [3.8, 4) is 0 Å². The topological polar surface area (TPSA) is 50.2 Å². The molecular weight excluding hydrogens is 276 g/mol. The van der Waals surface area contributed by atoms with Gasteiger partial charge in [0.05, 0.1) is 6.04 Å². The molecule has 1 atom stereocenters. The fourth-order valence-corrected chi connectivity index (χ4v) is 3.23. The maximum Gasteiger partial charge on any atom is 0.267 e. The molecule has 122 valence electrons. The maximum atomic E-state index is 11.9. The molecule has 1 saturated heterocycles. The summed E-state index contributed by atoms with van der Waals surface area (Å²) in [5.41, 5.74) is -0.0147. The summed E-state index contributed by atoms with van der Waals surface area (Å²) in [7, 11) is 0. The molecule has 0 radical (unpaired) electrons. The predicted octanol–water partition coefficient (Wildman–Crippen LogP) is 2.18. The van der Waals surface area contributed by atoms with Crippen LogP contribution in [0.1, 0.15) is 52.0 Å². The molecule has 1 aromatic heterocycles. The van der Waals surface area contributed by atoms with Crippen LogP contribution < -0.4 is 15.8 Å². The minimum absolute atomic E-state index is 0.0147. The highest BCUT2D eigenvalue weighted by Gasteiger charge is 2.26. The van der Waals surface area contributed by atoms with Crippen molar-refractivity contribution in [2.75, 3.05) is 24.5 Å². The first-order valence-corrected chi connectivity index (χ1v) is 8.72. The van der Waals surface area contributed by atoms with E-state index in [0.29, 0.717) is 6.04 Å². The molecule has 5 heteroatoms. The van der Waals surface area contributed by atoms with E-state index in [-0.39, 0.29) is 11.6 Å². The standard InChI is InChI=1S/C17H28N4O/c1-13(2)21-17(22)9-8-16(19-21)20-10-4-3-5-15(20)12-18-11-14-6-7-14/h8-9,13-15,18H,3-7,10-12H2,1-2H3. The van der Waals surface area contributed by atoms with Gasteiger partial charge in [0.2, 0.25) is 0 Å². The van der Waals surface area contributed by atoms with E-state index < -0.39 is 0 Å². The van der Waals surface area contributed by atoms with Crippen LogP contribution >= 0.6 is 0 Å². The molecule has 1 unspecified atom stereocenters. The molecule has 2 aliphatic rings. The Labute approximate surface area is 132 Å². The Kier molecular flexibility index (Phi) is 4.81. The smallest absolute Gasteiger partial charge is 0.267 e. The summed E-state index contributed by atoms with van der Waals surface area (Å²) in [6.07, 6.45) is 6.49. The highest BCUT2D eigenvalue weighted by Crippen LogP contribution is 2.28. The summed E-state index contributed by atoms with van der Waals surface area (Å²) >= 11 is 0. The third kappa shape index (κ3) is 3.69. The molecule has 1 aliphatic heterocycles. The van der Waals surface area contributed by atoms with Crippen LogP contribution in [0, 0.1) is 5.92 Å². The van der Waals surface area contributed by atoms with Crippen molar-refractivity contribution >= 4 is 5.82 Å². The minimum Gasteiger partial charge on any atom is -0.351 e. The van der Waals surface area contributed by atoms with Crippen molar-refractivity contribution in [1.29, 1.82) is 0 Å². The average Bonchev–Trinajstić information content (AvgIpc) is 3.32. The van der Waals surface area contributed by atoms with E-state index in [9.17, 15) is 4.79 Å². The number of piperidine rings is 1. The molecule has 3 rings (SSSR count). The first-order valence-electron chi connectivity index (χ1n) is 8.72. The molecule has 1 aliphatic carbocycles. The zero-order valence-corrected chi connectivity index (χ0v) is 13.8. The first kappa shape index (κ1) is 15.5. The lowest BCUT2D eigenvalue weighted by Crippen LogP contribution is -2.47. The lowest BCUT2D eigenvalue weighted by molar-refractivity contribution is 0.421. The van der Waals surface area contributed by atoms with Gasteiger partial charge >= 0.3 is 0 Å². The monoisotopic (exact) mass is 304 g/mol. The Morgan fingerprint density at radius 1 is 1.23 bits per heavy atom. The van der Waals surface area contributed by atoms with Crippen LogP contribution in [0.5, 0.6) is 0 Å². The van der Waals surface area contributed by atoms with Crippen LogP contribution in [-0.4, -0.2) is 35.5 Å². The Morgan fingerprint density at radius 2 is 2.05 bits per heavy atom. The second-order valence-electron chi connectivity index (χ2n) is 7.01. The van der Waals surface area contributed by atoms with Crippen LogP contribution in [0.4, 0.5) is 5.82 Å². The fraction of sp³-hybridized carbons (Fsp3) is 0.765. The molecule has 1 N–H and O–H groups in total. The summed E-state index contributed by atoms with van der Waals surface area (Å²) < 4.78 is 1.60. The molecule has 2 heterocycles. The SMILES string of the molecule is CC(C)n1nc(N2CCCCC2CNCC2CC2)ccc1=O. The van der Waals surface area contributed by atoms with Crippen molar-refractivity contribution < 1.29 is 0 Å². The van der Waals surface area contributed by atoms with E-state index in [4.69, 9.17) is 0 Å². The second-order valence-corrected chi connectivity index (χ2v) is 7.01. The third-order valence-electron chi connectivity index (χ3n) is 4.73. The lowest BCUT2D eigenvalue weighted by Gasteiger charge is -2.37. The Balaban J connectivity index is 1.71. The van der Waals surface area contributed by atoms with Gasteiger partial charge < -0.3 is 10.2 Å². The van der Waals surface area contributed by atoms with Gasteiger partial charge in [-0.15, -0.1) is 0 Å². The van der Waals surface area contributed by atoms with E-state index in [2.05, 4.69) is 15.3 Å². The number of rotatable bonds is 6. The third-order valence-corrected chi connectivity index (χ3v) is 4.73. The average molecular weight is 304 g/mol. The van der Waals surface area contributed by atoms with Crippen molar-refractivity contribution in [2.24, 2.45) is 5.92 Å². The van der Waals surface area contributed by atoms with Crippen LogP contribution in [0.25, 0.3) is 0 Å². The summed E-state index contributed by atoms with van der Waals surface area (Å²) in [5.74, 6) is 1.87. The molecule has 0 spiro atoms. The van der Waals surface area contributed by atoms with E-state index in [1.165, 1.54) is 32.1 Å². The molecule has 0 aromatic carbocycles. The Hall–Kier alpha value is -1.36. The zero-order valence-electron chi connectivity index (χ0n) is 13.8. The molecule has 1 saturated carbocycles. The van der Waals surface area contributed by atoms with Gasteiger partial charge in [0.25, 0.3) is 5.56 Å². The van der Waals surface area contributed by atoms with Crippen LogP contribution in [0.3, 0.4) is 0 Å². The molecule has 5 nitrogen and oxygen atoms in total. The fourth-order valence-electron chi connectivity index (χ4n) is 3.23. The molecule has 0 bridgehead atoms. The number of hydrogen-bond donors (Lipinski definition) is 1. The first-order chi connectivity index (χ1) is 10.6. The normalized spacial score (nSPS) is 22.3. The number of hydrogen-bond acceptors (Lipinski definition) is 4. The highest BCUT2D eigenvalue weighted by atomic mass is 16.1. The summed E-state index contributed by atoms with van der Waals surface area (Å²) in [5, 5.41) is 8.23. The van der Waals surface area contributed by atoms with E-state index in [1.807, 2.05) is 19.9 Å².